The highest BCUT2D eigenvalue weighted by Crippen LogP contribution is 2.16. The van der Waals surface area contributed by atoms with E-state index in [1.807, 2.05) is 0 Å². The first-order valence-corrected chi connectivity index (χ1v) is 5.40. The number of hydrogen-bond acceptors (Lipinski definition) is 3. The van der Waals surface area contributed by atoms with E-state index in [0.717, 1.165) is 0 Å². The second-order valence-corrected chi connectivity index (χ2v) is 3.95. The van der Waals surface area contributed by atoms with Gasteiger partial charge in [0.05, 0.1) is 12.6 Å². The van der Waals surface area contributed by atoms with Crippen LogP contribution in [0.1, 0.15) is 5.69 Å². The molecule has 0 aliphatic heterocycles. The van der Waals surface area contributed by atoms with Crippen molar-refractivity contribution in [3.8, 4) is 0 Å². The van der Waals surface area contributed by atoms with Crippen LogP contribution < -0.4 is 5.43 Å². The molecule has 0 radical (unpaired) electrons. The lowest BCUT2D eigenvalue weighted by Crippen LogP contribution is -2.18. The molecule has 0 atom stereocenters. The molecule has 0 aliphatic rings. The number of carbonyl (C=O) groups is 1. The number of para-hydroxylation sites is 1. The average Bonchev–Trinajstić information content (AvgIpc) is 2.34. The Morgan fingerprint density at radius 2 is 2.17 bits per heavy atom. The van der Waals surface area contributed by atoms with Crippen molar-refractivity contribution in [2.45, 2.75) is 13.5 Å². The summed E-state index contributed by atoms with van der Waals surface area (Å²) in [4.78, 5) is 23.1. The molecule has 0 saturated heterocycles. The Bertz CT molecular complexity index is 676. The third-order valence-electron chi connectivity index (χ3n) is 2.80. The zero-order chi connectivity index (χ0) is 13.3. The van der Waals surface area contributed by atoms with Crippen LogP contribution >= 0.6 is 0 Å². The van der Waals surface area contributed by atoms with Crippen LogP contribution in [0.5, 0.6) is 0 Å². The fraction of sp³-hybridized carbons (Fsp3) is 0.231. The van der Waals surface area contributed by atoms with Crippen LogP contribution in [0.15, 0.2) is 29.1 Å². The molecule has 1 aromatic carbocycles. The lowest BCUT2D eigenvalue weighted by Gasteiger charge is -2.13. The number of benzene rings is 1. The third kappa shape index (κ3) is 1.99. The molecule has 0 N–H and O–H groups in total. The Balaban J connectivity index is 2.79. The third-order valence-corrected chi connectivity index (χ3v) is 2.80. The van der Waals surface area contributed by atoms with Gasteiger partial charge in [-0.1, -0.05) is 6.07 Å². The first-order chi connectivity index (χ1) is 8.54. The van der Waals surface area contributed by atoms with E-state index in [9.17, 15) is 14.0 Å². The van der Waals surface area contributed by atoms with Crippen LogP contribution in [-0.4, -0.2) is 17.6 Å². The molecule has 0 aliphatic carbocycles. The summed E-state index contributed by atoms with van der Waals surface area (Å²) in [5, 5.41) is 0.254. The van der Waals surface area contributed by atoms with Gasteiger partial charge in [-0.05, 0) is 19.1 Å². The minimum absolute atomic E-state index is 0.125. The fourth-order valence-electron chi connectivity index (χ4n) is 1.91. The summed E-state index contributed by atoms with van der Waals surface area (Å²) in [5.41, 5.74) is 0.388. The zero-order valence-corrected chi connectivity index (χ0v) is 10.1. The van der Waals surface area contributed by atoms with Crippen LogP contribution in [0.25, 0.3) is 10.9 Å². The number of pyridine rings is 1. The number of aryl methyl sites for hydroxylation is 1. The molecule has 1 aromatic heterocycles. The lowest BCUT2D eigenvalue weighted by molar-refractivity contribution is -0.141. The lowest BCUT2D eigenvalue weighted by atomic mass is 10.1. The number of esters is 1. The standard InChI is InChI=1S/C13H12FNO3/c1-8-6-11(16)9-4-3-5-10(14)13(9)15(8)7-12(17)18-2/h3-6H,7H2,1-2H3. The van der Waals surface area contributed by atoms with Gasteiger partial charge in [0.25, 0.3) is 0 Å². The van der Waals surface area contributed by atoms with Gasteiger partial charge in [0, 0.05) is 17.1 Å². The molecule has 94 valence electrons. The maximum Gasteiger partial charge on any atom is 0.325 e. The molecule has 0 saturated carbocycles. The van der Waals surface area contributed by atoms with Crippen LogP contribution in [0, 0.1) is 12.7 Å². The van der Waals surface area contributed by atoms with Gasteiger partial charge in [-0.2, -0.15) is 0 Å². The van der Waals surface area contributed by atoms with E-state index in [0.29, 0.717) is 5.69 Å². The first kappa shape index (κ1) is 12.3. The molecule has 1 heterocycles. The summed E-state index contributed by atoms with van der Waals surface area (Å²) in [5.74, 6) is -1.02. The number of aromatic nitrogens is 1. The molecule has 0 unspecified atom stereocenters. The highest BCUT2D eigenvalue weighted by atomic mass is 19.1. The van der Waals surface area contributed by atoms with E-state index in [1.54, 1.807) is 6.92 Å². The van der Waals surface area contributed by atoms with Gasteiger partial charge in [-0.15, -0.1) is 0 Å². The smallest absolute Gasteiger partial charge is 0.325 e. The van der Waals surface area contributed by atoms with Gasteiger partial charge in [-0.25, -0.2) is 4.39 Å². The second-order valence-electron chi connectivity index (χ2n) is 3.95. The Morgan fingerprint density at radius 1 is 1.44 bits per heavy atom. The van der Waals surface area contributed by atoms with Gasteiger partial charge < -0.3 is 9.30 Å². The molecule has 0 bridgehead atoms. The number of nitrogens with zero attached hydrogens (tertiary/aromatic N) is 1. The highest BCUT2D eigenvalue weighted by Gasteiger charge is 2.13. The number of ether oxygens (including phenoxy) is 1. The Hall–Kier alpha value is -2.17. The zero-order valence-electron chi connectivity index (χ0n) is 10.1. The molecule has 18 heavy (non-hydrogen) atoms. The average molecular weight is 249 g/mol. The molecule has 2 rings (SSSR count). The van der Waals surface area contributed by atoms with Crippen molar-refractivity contribution in [1.29, 1.82) is 0 Å². The minimum atomic E-state index is -0.530. The summed E-state index contributed by atoms with van der Waals surface area (Å²) in [6.07, 6.45) is 0. The Kier molecular flexibility index (Phi) is 3.14. The van der Waals surface area contributed by atoms with Gasteiger partial charge >= 0.3 is 5.97 Å². The number of carbonyl (C=O) groups excluding carboxylic acids is 1. The van der Waals surface area contributed by atoms with Crippen LogP contribution in [0.3, 0.4) is 0 Å². The minimum Gasteiger partial charge on any atom is -0.468 e. The van der Waals surface area contributed by atoms with Crippen LogP contribution in [0.4, 0.5) is 4.39 Å². The molecule has 5 heteroatoms. The summed E-state index contributed by atoms with van der Waals surface area (Å²) >= 11 is 0. The summed E-state index contributed by atoms with van der Waals surface area (Å²) < 4.78 is 19.9. The summed E-state index contributed by atoms with van der Waals surface area (Å²) in [6.45, 7) is 1.52. The highest BCUT2D eigenvalue weighted by molar-refractivity contribution is 5.81. The van der Waals surface area contributed by atoms with Crippen molar-refractivity contribution in [3.63, 3.8) is 0 Å². The van der Waals surface area contributed by atoms with Gasteiger partial charge in [0.15, 0.2) is 5.43 Å². The van der Waals surface area contributed by atoms with Crippen molar-refractivity contribution in [1.82, 2.24) is 4.57 Å². The summed E-state index contributed by atoms with van der Waals surface area (Å²) in [7, 11) is 1.26. The second kappa shape index (κ2) is 4.60. The SMILES string of the molecule is COC(=O)Cn1c(C)cc(=O)c2cccc(F)c21. The van der Waals surface area contributed by atoms with Crippen molar-refractivity contribution >= 4 is 16.9 Å². The molecule has 0 spiro atoms. The Labute approximate surface area is 103 Å². The molecular weight excluding hydrogens is 237 g/mol. The molecule has 4 nitrogen and oxygen atoms in total. The number of fused-ring (bicyclic) bond motifs is 1. The maximum atomic E-state index is 13.8. The van der Waals surface area contributed by atoms with Crippen LogP contribution in [0.2, 0.25) is 0 Å². The monoisotopic (exact) mass is 249 g/mol. The van der Waals surface area contributed by atoms with Crippen molar-refractivity contribution < 1.29 is 13.9 Å². The van der Waals surface area contributed by atoms with E-state index in [1.165, 1.54) is 35.9 Å². The molecular formula is C13H12FNO3. The summed E-state index contributed by atoms with van der Waals surface area (Å²) in [6, 6.07) is 5.64. The Morgan fingerprint density at radius 3 is 2.83 bits per heavy atom. The normalized spacial score (nSPS) is 10.6. The fourth-order valence-corrected chi connectivity index (χ4v) is 1.91. The number of halogens is 1. The van der Waals surface area contributed by atoms with Gasteiger partial charge in [0.2, 0.25) is 0 Å². The van der Waals surface area contributed by atoms with E-state index in [-0.39, 0.29) is 22.9 Å². The van der Waals surface area contributed by atoms with Crippen molar-refractivity contribution in [3.05, 3.63) is 46.0 Å². The van der Waals surface area contributed by atoms with Gasteiger partial charge in [-0.3, -0.25) is 9.59 Å². The number of methoxy groups -OCH3 is 1. The quantitative estimate of drug-likeness (QED) is 0.760. The largest absolute Gasteiger partial charge is 0.468 e. The molecule has 0 fully saturated rings. The van der Waals surface area contributed by atoms with Crippen molar-refractivity contribution in [2.75, 3.05) is 7.11 Å². The first-order valence-electron chi connectivity index (χ1n) is 5.40. The topological polar surface area (TPSA) is 48.3 Å². The van der Waals surface area contributed by atoms with Crippen LogP contribution in [-0.2, 0) is 16.1 Å². The predicted molar refractivity (Wildman–Crippen MR) is 64.9 cm³/mol. The van der Waals surface area contributed by atoms with Crippen molar-refractivity contribution in [2.24, 2.45) is 0 Å². The van der Waals surface area contributed by atoms with E-state index < -0.39 is 11.8 Å². The number of hydrogen-bond donors (Lipinski definition) is 0. The van der Waals surface area contributed by atoms with E-state index >= 15 is 0 Å². The van der Waals surface area contributed by atoms with E-state index in [2.05, 4.69) is 4.74 Å². The maximum absolute atomic E-state index is 13.8. The van der Waals surface area contributed by atoms with Gasteiger partial charge in [0.1, 0.15) is 12.4 Å². The van der Waals surface area contributed by atoms with E-state index in [4.69, 9.17) is 0 Å². The molecule has 0 amide bonds. The number of rotatable bonds is 2. The molecule has 2 aromatic rings. The predicted octanol–water partition coefficient (Wildman–Crippen LogP) is 1.62.